The number of hydrogen-bond acceptors (Lipinski definition) is 5. The van der Waals surface area contributed by atoms with Crippen LogP contribution in [-0.4, -0.2) is 32.5 Å². The number of amides is 1. The predicted octanol–water partition coefficient (Wildman–Crippen LogP) is 3.86. The Morgan fingerprint density at radius 2 is 1.94 bits per heavy atom. The SMILES string of the molecule is Cc1cccc(S(=O)(=O)N2CCOc3ncc(NC(=O)C(C)c4ccc(F)cc4)cc32)c1. The van der Waals surface area contributed by atoms with Crippen LogP contribution >= 0.6 is 0 Å². The molecule has 4 rings (SSSR count). The van der Waals surface area contributed by atoms with Gasteiger partial charge in [0.05, 0.1) is 29.2 Å². The van der Waals surface area contributed by atoms with Gasteiger partial charge in [0.1, 0.15) is 18.1 Å². The molecule has 0 aliphatic carbocycles. The van der Waals surface area contributed by atoms with E-state index in [2.05, 4.69) is 10.3 Å². The highest BCUT2D eigenvalue weighted by atomic mass is 32.2. The van der Waals surface area contributed by atoms with E-state index in [1.807, 2.05) is 13.0 Å². The number of nitrogens with one attached hydrogen (secondary N) is 1. The first-order valence-electron chi connectivity index (χ1n) is 10.0. The van der Waals surface area contributed by atoms with Crippen molar-refractivity contribution in [3.63, 3.8) is 0 Å². The Hall–Kier alpha value is -3.46. The number of benzene rings is 2. The van der Waals surface area contributed by atoms with Crippen LogP contribution in [0.2, 0.25) is 0 Å². The molecule has 0 bridgehead atoms. The third-order valence-electron chi connectivity index (χ3n) is 5.24. The molecule has 0 saturated carbocycles. The molecule has 0 fully saturated rings. The Kier molecular flexibility index (Phi) is 5.84. The van der Waals surface area contributed by atoms with Gasteiger partial charge in [-0.1, -0.05) is 24.3 Å². The van der Waals surface area contributed by atoms with Gasteiger partial charge in [0.25, 0.3) is 10.0 Å². The van der Waals surface area contributed by atoms with Crippen molar-refractivity contribution in [2.75, 3.05) is 22.8 Å². The highest BCUT2D eigenvalue weighted by molar-refractivity contribution is 7.92. The lowest BCUT2D eigenvalue weighted by atomic mass is 10.0. The number of carbonyl (C=O) groups excluding carboxylic acids is 1. The first-order chi connectivity index (χ1) is 15.3. The molecule has 7 nitrogen and oxygen atoms in total. The van der Waals surface area contributed by atoms with Crippen molar-refractivity contribution < 1.29 is 22.3 Å². The van der Waals surface area contributed by atoms with Crippen LogP contribution in [0.15, 0.2) is 65.7 Å². The molecule has 9 heteroatoms. The quantitative estimate of drug-likeness (QED) is 0.631. The van der Waals surface area contributed by atoms with Crippen LogP contribution in [0.4, 0.5) is 15.8 Å². The average Bonchev–Trinajstić information content (AvgIpc) is 2.78. The van der Waals surface area contributed by atoms with Crippen molar-refractivity contribution in [2.45, 2.75) is 24.7 Å². The van der Waals surface area contributed by atoms with Crippen LogP contribution in [-0.2, 0) is 14.8 Å². The summed E-state index contributed by atoms with van der Waals surface area (Å²) in [5.41, 5.74) is 2.07. The van der Waals surface area contributed by atoms with E-state index in [1.54, 1.807) is 37.3 Å². The van der Waals surface area contributed by atoms with Crippen LogP contribution in [0.1, 0.15) is 24.0 Å². The first-order valence-corrected chi connectivity index (χ1v) is 11.5. The number of rotatable bonds is 5. The molecule has 1 aliphatic rings. The van der Waals surface area contributed by atoms with Crippen molar-refractivity contribution in [1.82, 2.24) is 4.98 Å². The maximum atomic E-state index is 13.3. The van der Waals surface area contributed by atoms with E-state index >= 15 is 0 Å². The molecule has 1 unspecified atom stereocenters. The molecule has 1 atom stereocenters. The third-order valence-corrected chi connectivity index (χ3v) is 7.05. The number of fused-ring (bicyclic) bond motifs is 1. The number of anilines is 2. The monoisotopic (exact) mass is 455 g/mol. The lowest BCUT2D eigenvalue weighted by Crippen LogP contribution is -2.38. The van der Waals surface area contributed by atoms with Crippen molar-refractivity contribution in [2.24, 2.45) is 0 Å². The lowest BCUT2D eigenvalue weighted by molar-refractivity contribution is -0.117. The molecule has 0 spiro atoms. The van der Waals surface area contributed by atoms with E-state index in [9.17, 15) is 17.6 Å². The minimum absolute atomic E-state index is 0.119. The van der Waals surface area contributed by atoms with Gasteiger partial charge < -0.3 is 10.1 Å². The van der Waals surface area contributed by atoms with Gasteiger partial charge in [0, 0.05) is 0 Å². The smallest absolute Gasteiger partial charge is 0.264 e. The molecular formula is C23H22FN3O4S. The fraction of sp³-hybridized carbons (Fsp3) is 0.217. The van der Waals surface area contributed by atoms with E-state index in [0.29, 0.717) is 11.3 Å². The fourth-order valence-corrected chi connectivity index (χ4v) is 5.00. The molecule has 3 aromatic rings. The Morgan fingerprint density at radius 3 is 2.66 bits per heavy atom. The van der Waals surface area contributed by atoms with Gasteiger partial charge >= 0.3 is 0 Å². The minimum atomic E-state index is -3.84. The van der Waals surface area contributed by atoms with Gasteiger partial charge in [-0.05, 0) is 55.3 Å². The Morgan fingerprint density at radius 1 is 1.19 bits per heavy atom. The normalized spacial score (nSPS) is 14.3. The van der Waals surface area contributed by atoms with E-state index in [0.717, 1.165) is 5.56 Å². The number of sulfonamides is 1. The summed E-state index contributed by atoms with van der Waals surface area (Å²) < 4.78 is 46.5. The van der Waals surface area contributed by atoms with Gasteiger partial charge in [-0.25, -0.2) is 17.8 Å². The summed E-state index contributed by atoms with van der Waals surface area (Å²) in [5, 5.41) is 2.75. The zero-order valence-electron chi connectivity index (χ0n) is 17.6. The molecule has 1 aromatic heterocycles. The molecular weight excluding hydrogens is 433 g/mol. The third kappa shape index (κ3) is 4.29. The van der Waals surface area contributed by atoms with Crippen molar-refractivity contribution in [3.05, 3.63) is 77.7 Å². The predicted molar refractivity (Wildman–Crippen MR) is 119 cm³/mol. The van der Waals surface area contributed by atoms with Crippen LogP contribution < -0.4 is 14.4 Å². The van der Waals surface area contributed by atoms with Crippen LogP contribution in [0.25, 0.3) is 0 Å². The number of halogens is 1. The molecule has 0 saturated heterocycles. The van der Waals surface area contributed by atoms with Gasteiger partial charge in [0.15, 0.2) is 0 Å². The molecule has 2 heterocycles. The van der Waals surface area contributed by atoms with Crippen LogP contribution in [0.3, 0.4) is 0 Å². The molecule has 1 aliphatic heterocycles. The number of carbonyl (C=O) groups is 1. The lowest BCUT2D eigenvalue weighted by Gasteiger charge is -2.30. The second-order valence-electron chi connectivity index (χ2n) is 7.55. The topological polar surface area (TPSA) is 88.6 Å². The van der Waals surface area contributed by atoms with Crippen molar-refractivity contribution >= 4 is 27.3 Å². The number of hydrogen-bond donors (Lipinski definition) is 1. The summed E-state index contributed by atoms with van der Waals surface area (Å²) >= 11 is 0. The zero-order valence-corrected chi connectivity index (χ0v) is 18.4. The summed E-state index contributed by atoms with van der Waals surface area (Å²) in [4.78, 5) is 17.1. The number of nitrogens with zero attached hydrogens (tertiary/aromatic N) is 2. The highest BCUT2D eigenvalue weighted by Crippen LogP contribution is 2.36. The Labute approximate surface area is 185 Å². The Balaban J connectivity index is 1.61. The van der Waals surface area contributed by atoms with E-state index in [1.165, 1.54) is 28.7 Å². The van der Waals surface area contributed by atoms with Gasteiger partial charge in [-0.3, -0.25) is 9.10 Å². The highest BCUT2D eigenvalue weighted by Gasteiger charge is 2.31. The summed E-state index contributed by atoms with van der Waals surface area (Å²) in [6.45, 7) is 3.81. The summed E-state index contributed by atoms with van der Waals surface area (Å²) in [6, 6.07) is 13.9. The van der Waals surface area contributed by atoms with Gasteiger partial charge in [-0.2, -0.15) is 0 Å². The molecule has 0 radical (unpaired) electrons. The Bertz CT molecular complexity index is 1260. The molecule has 1 N–H and O–H groups in total. The minimum Gasteiger partial charge on any atom is -0.474 e. The van der Waals surface area contributed by atoms with E-state index in [-0.39, 0.29) is 41.3 Å². The van der Waals surface area contributed by atoms with Crippen LogP contribution in [0, 0.1) is 12.7 Å². The zero-order chi connectivity index (χ0) is 22.9. The second kappa shape index (κ2) is 8.58. The maximum absolute atomic E-state index is 13.3. The van der Waals surface area contributed by atoms with Crippen molar-refractivity contribution in [1.29, 1.82) is 0 Å². The number of ether oxygens (including phenoxy) is 1. The summed E-state index contributed by atoms with van der Waals surface area (Å²) in [6.07, 6.45) is 1.41. The maximum Gasteiger partial charge on any atom is 0.264 e. The second-order valence-corrected chi connectivity index (χ2v) is 9.42. The largest absolute Gasteiger partial charge is 0.474 e. The fourth-order valence-electron chi connectivity index (χ4n) is 3.45. The van der Waals surface area contributed by atoms with Crippen LogP contribution in [0.5, 0.6) is 5.88 Å². The number of aryl methyl sites for hydroxylation is 1. The van der Waals surface area contributed by atoms with E-state index in [4.69, 9.17) is 4.74 Å². The molecule has 1 amide bonds. The number of aromatic nitrogens is 1. The van der Waals surface area contributed by atoms with E-state index < -0.39 is 15.9 Å². The van der Waals surface area contributed by atoms with Gasteiger partial charge in [-0.15, -0.1) is 0 Å². The molecule has 32 heavy (non-hydrogen) atoms. The van der Waals surface area contributed by atoms with Gasteiger partial charge in [0.2, 0.25) is 11.8 Å². The molecule has 166 valence electrons. The molecule has 2 aromatic carbocycles. The average molecular weight is 456 g/mol. The van der Waals surface area contributed by atoms with Crippen molar-refractivity contribution in [3.8, 4) is 5.88 Å². The first kappa shape index (κ1) is 21.8. The standard InChI is InChI=1S/C23H22FN3O4S/c1-15-4-3-5-20(12-15)32(29,30)27-10-11-31-23-21(27)13-19(14-25-23)26-22(28)16(2)17-6-8-18(24)9-7-17/h3-9,12-14,16H,10-11H2,1-2H3,(H,26,28). The summed E-state index contributed by atoms with van der Waals surface area (Å²) in [5.74, 6) is -1.08. The summed E-state index contributed by atoms with van der Waals surface area (Å²) in [7, 11) is -3.84. The number of pyridine rings is 1.